The van der Waals surface area contributed by atoms with Crippen LogP contribution < -0.4 is 11.1 Å². The van der Waals surface area contributed by atoms with Crippen LogP contribution in [0, 0.1) is 5.41 Å². The number of amides is 1. The molecule has 2 aromatic rings. The van der Waals surface area contributed by atoms with Crippen LogP contribution >= 0.6 is 11.6 Å². The number of aliphatic hydroxyl groups excluding tert-OH is 1. The quantitative estimate of drug-likeness (QED) is 0.619. The van der Waals surface area contributed by atoms with E-state index in [1.807, 2.05) is 12.1 Å². The van der Waals surface area contributed by atoms with E-state index < -0.39 is 0 Å². The van der Waals surface area contributed by atoms with E-state index in [4.69, 9.17) is 22.1 Å². The lowest BCUT2D eigenvalue weighted by atomic mass is 9.76. The number of likely N-dealkylation sites (tertiary alicyclic amines) is 1. The lowest BCUT2D eigenvalue weighted by Gasteiger charge is -2.57. The molecule has 2 saturated heterocycles. The number of halogens is 1. The first-order chi connectivity index (χ1) is 15.8. The van der Waals surface area contributed by atoms with Crippen LogP contribution in [-0.4, -0.2) is 59.3 Å². The summed E-state index contributed by atoms with van der Waals surface area (Å²) in [5.74, 6) is -0.0450. The number of aromatic nitrogens is 1. The van der Waals surface area contributed by atoms with Gasteiger partial charge in [0.2, 0.25) is 0 Å². The van der Waals surface area contributed by atoms with Crippen LogP contribution in [0.1, 0.15) is 54.6 Å². The molecule has 1 saturated carbocycles. The van der Waals surface area contributed by atoms with Crippen molar-refractivity contribution in [3.05, 3.63) is 46.6 Å². The van der Waals surface area contributed by atoms with E-state index in [1.54, 1.807) is 12.3 Å². The summed E-state index contributed by atoms with van der Waals surface area (Å²) in [4.78, 5) is 19.6. The molecule has 3 fully saturated rings. The fraction of sp³-hybridized carbons (Fsp3) is 0.520. The maximum Gasteiger partial charge on any atom is 0.255 e. The lowest BCUT2D eigenvalue weighted by molar-refractivity contribution is -0.197. The highest BCUT2D eigenvalue weighted by Gasteiger charge is 2.50. The van der Waals surface area contributed by atoms with E-state index in [2.05, 4.69) is 28.2 Å². The van der Waals surface area contributed by atoms with Gasteiger partial charge in [0.25, 0.3) is 5.91 Å². The number of rotatable bonds is 5. The highest BCUT2D eigenvalue weighted by Crippen LogP contribution is 2.42. The predicted molar refractivity (Wildman–Crippen MR) is 128 cm³/mol. The number of ether oxygens (including phenoxy) is 1. The molecule has 1 aromatic carbocycles. The van der Waals surface area contributed by atoms with Crippen molar-refractivity contribution in [3.8, 4) is 11.1 Å². The normalized spacial score (nSPS) is 25.2. The van der Waals surface area contributed by atoms with Crippen molar-refractivity contribution >= 4 is 23.3 Å². The van der Waals surface area contributed by atoms with Gasteiger partial charge in [-0.1, -0.05) is 23.7 Å². The Morgan fingerprint density at radius 3 is 2.64 bits per heavy atom. The third-order valence-electron chi connectivity index (χ3n) is 7.42. The molecule has 5 rings (SSSR count). The van der Waals surface area contributed by atoms with Crippen LogP contribution in [0.25, 0.3) is 11.1 Å². The van der Waals surface area contributed by atoms with Gasteiger partial charge in [0.1, 0.15) is 5.82 Å². The van der Waals surface area contributed by atoms with Crippen molar-refractivity contribution in [2.45, 2.75) is 50.8 Å². The van der Waals surface area contributed by atoms with Crippen molar-refractivity contribution in [2.24, 2.45) is 5.41 Å². The molecule has 1 aromatic heterocycles. The van der Waals surface area contributed by atoms with Crippen LogP contribution in [0.2, 0.25) is 5.02 Å². The molecule has 8 heteroatoms. The molecule has 1 spiro atoms. The SMILES string of the molecule is CC(c1ccc(-c2cnc(N)c(C(=O)NC3CCC(O)CC3)c2)c(Cl)c1)N1CC2(COC2)C1. The molecule has 3 aliphatic rings. The Labute approximate surface area is 199 Å². The Balaban J connectivity index is 1.30. The van der Waals surface area contributed by atoms with Gasteiger partial charge in [0.05, 0.1) is 24.9 Å². The number of anilines is 1. The molecule has 0 radical (unpaired) electrons. The number of pyridine rings is 1. The monoisotopic (exact) mass is 470 g/mol. The third kappa shape index (κ3) is 4.47. The number of carbonyl (C=O) groups is 1. The van der Waals surface area contributed by atoms with Gasteiger partial charge >= 0.3 is 0 Å². The van der Waals surface area contributed by atoms with Gasteiger partial charge in [-0.2, -0.15) is 0 Å². The van der Waals surface area contributed by atoms with Gasteiger partial charge < -0.3 is 20.9 Å². The Morgan fingerprint density at radius 2 is 2.00 bits per heavy atom. The second-order valence-corrected chi connectivity index (χ2v) is 10.4. The van der Waals surface area contributed by atoms with Crippen LogP contribution in [0.5, 0.6) is 0 Å². The molecule has 176 valence electrons. The molecular weight excluding hydrogens is 440 g/mol. The standard InChI is InChI=1S/C25H31ClN4O3/c1-15(30-11-25(12-30)13-33-14-25)16-2-7-20(22(26)9-16)17-8-21(23(27)28-10-17)24(32)29-18-3-5-19(31)6-4-18/h2,7-10,15,18-19,31H,3-6,11-14H2,1H3,(H2,27,28)(H,29,32). The number of hydrogen-bond donors (Lipinski definition) is 3. The van der Waals surface area contributed by atoms with Gasteiger partial charge in [-0.25, -0.2) is 4.98 Å². The molecule has 1 amide bonds. The van der Waals surface area contributed by atoms with Gasteiger partial charge in [0, 0.05) is 52.9 Å². The first-order valence-electron chi connectivity index (χ1n) is 11.7. The minimum absolute atomic E-state index is 0.0421. The molecule has 33 heavy (non-hydrogen) atoms. The number of nitrogen functional groups attached to an aromatic ring is 1. The maximum absolute atomic E-state index is 12.9. The summed E-state index contributed by atoms with van der Waals surface area (Å²) in [6, 6.07) is 8.18. The number of nitrogens with zero attached hydrogens (tertiary/aromatic N) is 2. The molecule has 3 heterocycles. The smallest absolute Gasteiger partial charge is 0.255 e. The average molecular weight is 471 g/mol. The molecular formula is C25H31ClN4O3. The Kier molecular flexibility index (Phi) is 6.07. The van der Waals surface area contributed by atoms with E-state index in [0.29, 0.717) is 28.8 Å². The van der Waals surface area contributed by atoms with E-state index in [-0.39, 0.29) is 29.9 Å². The van der Waals surface area contributed by atoms with Gasteiger partial charge in [0.15, 0.2) is 0 Å². The number of aliphatic hydroxyl groups is 1. The number of nitrogens with one attached hydrogen (secondary N) is 1. The molecule has 1 unspecified atom stereocenters. The van der Waals surface area contributed by atoms with Gasteiger partial charge in [-0.05, 0) is 50.3 Å². The van der Waals surface area contributed by atoms with E-state index in [1.165, 1.54) is 5.56 Å². The molecule has 4 N–H and O–H groups in total. The van der Waals surface area contributed by atoms with Crippen molar-refractivity contribution in [2.75, 3.05) is 32.0 Å². The Morgan fingerprint density at radius 1 is 1.27 bits per heavy atom. The largest absolute Gasteiger partial charge is 0.393 e. The average Bonchev–Trinajstić information content (AvgIpc) is 2.73. The van der Waals surface area contributed by atoms with Gasteiger partial charge in [-0.3, -0.25) is 9.69 Å². The van der Waals surface area contributed by atoms with E-state index in [0.717, 1.165) is 50.3 Å². The predicted octanol–water partition coefficient (Wildman–Crippen LogP) is 3.41. The van der Waals surface area contributed by atoms with Crippen LogP contribution in [0.15, 0.2) is 30.5 Å². The summed E-state index contributed by atoms with van der Waals surface area (Å²) in [5, 5.41) is 13.3. The zero-order valence-corrected chi connectivity index (χ0v) is 19.6. The van der Waals surface area contributed by atoms with Crippen molar-refractivity contribution in [1.29, 1.82) is 0 Å². The molecule has 7 nitrogen and oxygen atoms in total. The minimum atomic E-state index is -0.268. The zero-order valence-electron chi connectivity index (χ0n) is 18.9. The van der Waals surface area contributed by atoms with Crippen LogP contribution in [-0.2, 0) is 4.74 Å². The van der Waals surface area contributed by atoms with Crippen molar-refractivity contribution in [3.63, 3.8) is 0 Å². The summed E-state index contributed by atoms with van der Waals surface area (Å²) in [6.45, 7) is 6.08. The number of nitrogens with two attached hydrogens (primary N) is 1. The Hall–Kier alpha value is -2.19. The fourth-order valence-corrected chi connectivity index (χ4v) is 5.48. The number of benzene rings is 1. The van der Waals surface area contributed by atoms with Crippen LogP contribution in [0.4, 0.5) is 5.82 Å². The zero-order chi connectivity index (χ0) is 23.2. The lowest BCUT2D eigenvalue weighted by Crippen LogP contribution is -2.66. The van der Waals surface area contributed by atoms with Crippen molar-refractivity contribution in [1.82, 2.24) is 15.2 Å². The van der Waals surface area contributed by atoms with E-state index >= 15 is 0 Å². The summed E-state index contributed by atoms with van der Waals surface area (Å²) < 4.78 is 5.38. The third-order valence-corrected chi connectivity index (χ3v) is 7.74. The molecule has 1 atom stereocenters. The maximum atomic E-state index is 12.9. The molecule has 0 bridgehead atoms. The summed E-state index contributed by atoms with van der Waals surface area (Å²) in [6.07, 6.45) is 4.31. The first kappa shape index (κ1) is 22.6. The summed E-state index contributed by atoms with van der Waals surface area (Å²) in [5.41, 5.74) is 9.50. The minimum Gasteiger partial charge on any atom is -0.393 e. The number of hydrogen-bond acceptors (Lipinski definition) is 6. The second-order valence-electron chi connectivity index (χ2n) is 9.95. The Bertz CT molecular complexity index is 1040. The summed E-state index contributed by atoms with van der Waals surface area (Å²) in [7, 11) is 0. The van der Waals surface area contributed by atoms with Crippen molar-refractivity contribution < 1.29 is 14.6 Å². The molecule has 1 aliphatic carbocycles. The number of carbonyl (C=O) groups excluding carboxylic acids is 1. The highest BCUT2D eigenvalue weighted by atomic mass is 35.5. The van der Waals surface area contributed by atoms with Crippen LogP contribution in [0.3, 0.4) is 0 Å². The summed E-state index contributed by atoms with van der Waals surface area (Å²) >= 11 is 6.69. The fourth-order valence-electron chi connectivity index (χ4n) is 5.19. The second kappa shape index (κ2) is 8.87. The highest BCUT2D eigenvalue weighted by molar-refractivity contribution is 6.33. The first-order valence-corrected chi connectivity index (χ1v) is 12.1. The van der Waals surface area contributed by atoms with Gasteiger partial charge in [-0.15, -0.1) is 0 Å². The van der Waals surface area contributed by atoms with E-state index in [9.17, 15) is 9.90 Å². The molecule has 2 aliphatic heterocycles. The topological polar surface area (TPSA) is 101 Å².